The maximum Gasteiger partial charge on any atom is 0.344 e. The Labute approximate surface area is 249 Å². The monoisotopic (exact) mass is 591 g/mol. The van der Waals surface area contributed by atoms with Crippen molar-refractivity contribution in [1.82, 2.24) is 9.47 Å². The largest absolute Gasteiger partial charge is 0.506 e. The van der Waals surface area contributed by atoms with Gasteiger partial charge in [-0.05, 0) is 68.0 Å². The number of thioether (sulfide) groups is 1. The standard InChI is InChI=1S/C32H34ClN3O4S/c1-4-21-7-6-8-25-22(18-36(29(21)25)19-27(37)35-15-13-20(3)14-16-35)17-26-30(38)28(32(39)40-5-2)31(41-26)34-24-11-9-23(33)10-12-24/h6-12,17-18,20,38H,4-5,13-16,19H2,1-3H3/b26-17-,34-31?. The highest BCUT2D eigenvalue weighted by molar-refractivity contribution is 8.18. The van der Waals surface area contributed by atoms with Crippen LogP contribution in [0.15, 0.2) is 69.9 Å². The second-order valence-electron chi connectivity index (χ2n) is 10.4. The minimum atomic E-state index is -0.634. The van der Waals surface area contributed by atoms with Crippen molar-refractivity contribution in [2.24, 2.45) is 10.9 Å². The number of esters is 1. The summed E-state index contributed by atoms with van der Waals surface area (Å²) in [5.41, 5.74) is 3.63. The molecular formula is C32H34ClN3O4S. The van der Waals surface area contributed by atoms with E-state index in [1.807, 2.05) is 33.9 Å². The molecule has 2 aliphatic rings. The van der Waals surface area contributed by atoms with E-state index in [0.717, 1.165) is 54.4 Å². The van der Waals surface area contributed by atoms with Crippen molar-refractivity contribution in [2.45, 2.75) is 46.6 Å². The van der Waals surface area contributed by atoms with Gasteiger partial charge in [-0.3, -0.25) is 4.79 Å². The van der Waals surface area contributed by atoms with Gasteiger partial charge in [0.2, 0.25) is 5.91 Å². The van der Waals surface area contributed by atoms with Gasteiger partial charge in [-0.2, -0.15) is 0 Å². The Kier molecular flexibility index (Phi) is 8.90. The molecule has 0 unspecified atom stereocenters. The third-order valence-corrected chi connectivity index (χ3v) is 8.82. The lowest BCUT2D eigenvalue weighted by Crippen LogP contribution is -2.39. The number of fused-ring (bicyclic) bond motifs is 1. The predicted molar refractivity (Wildman–Crippen MR) is 167 cm³/mol. The molecule has 2 aromatic carbocycles. The molecule has 1 aromatic heterocycles. The molecule has 5 rings (SSSR count). The fourth-order valence-corrected chi connectivity index (χ4v) is 6.41. The number of amides is 1. The summed E-state index contributed by atoms with van der Waals surface area (Å²) in [7, 11) is 0. The molecule has 1 fully saturated rings. The maximum atomic E-state index is 13.3. The smallest absolute Gasteiger partial charge is 0.344 e. The molecule has 9 heteroatoms. The number of aliphatic hydroxyl groups is 1. The number of hydrogen-bond donors (Lipinski definition) is 1. The number of para-hydroxylation sites is 1. The molecule has 2 aliphatic heterocycles. The first-order valence-corrected chi connectivity index (χ1v) is 15.2. The number of aliphatic hydroxyl groups excluding tert-OH is 1. The van der Waals surface area contributed by atoms with E-state index in [4.69, 9.17) is 16.3 Å². The van der Waals surface area contributed by atoms with E-state index in [2.05, 4.69) is 24.9 Å². The van der Waals surface area contributed by atoms with Gasteiger partial charge in [-0.1, -0.05) is 55.4 Å². The molecule has 0 saturated carbocycles. The number of hydrogen-bond acceptors (Lipinski definition) is 6. The number of likely N-dealkylation sites (tertiary alicyclic amines) is 1. The van der Waals surface area contributed by atoms with Crippen LogP contribution < -0.4 is 0 Å². The van der Waals surface area contributed by atoms with Crippen LogP contribution in [0.4, 0.5) is 5.69 Å². The molecule has 0 aliphatic carbocycles. The van der Waals surface area contributed by atoms with Crippen LogP contribution in [0.25, 0.3) is 17.0 Å². The molecule has 0 bridgehead atoms. The number of carbonyl (C=O) groups is 2. The minimum absolute atomic E-state index is 0.0329. The average Bonchev–Trinajstić information content (AvgIpc) is 3.46. The zero-order valence-corrected chi connectivity index (χ0v) is 25.1. The molecular weight excluding hydrogens is 558 g/mol. The van der Waals surface area contributed by atoms with Gasteiger partial charge in [-0.25, -0.2) is 9.79 Å². The summed E-state index contributed by atoms with van der Waals surface area (Å²) in [6.45, 7) is 8.05. The van der Waals surface area contributed by atoms with Crippen LogP contribution in [0.3, 0.4) is 0 Å². The number of benzene rings is 2. The molecule has 3 heterocycles. The van der Waals surface area contributed by atoms with E-state index in [0.29, 0.717) is 26.6 Å². The van der Waals surface area contributed by atoms with Gasteiger partial charge in [0.1, 0.15) is 22.9 Å². The first-order chi connectivity index (χ1) is 19.8. The minimum Gasteiger partial charge on any atom is -0.506 e. The van der Waals surface area contributed by atoms with Gasteiger partial charge >= 0.3 is 5.97 Å². The number of ether oxygens (including phenoxy) is 1. The van der Waals surface area contributed by atoms with Crippen LogP contribution in [0, 0.1) is 5.92 Å². The predicted octanol–water partition coefficient (Wildman–Crippen LogP) is 7.31. The van der Waals surface area contributed by atoms with Crippen LogP contribution in [-0.4, -0.2) is 51.2 Å². The first kappa shape index (κ1) is 29.0. The second kappa shape index (κ2) is 12.6. The summed E-state index contributed by atoms with van der Waals surface area (Å²) >= 11 is 7.23. The van der Waals surface area contributed by atoms with E-state index in [1.165, 1.54) is 11.8 Å². The molecule has 214 valence electrons. The fourth-order valence-electron chi connectivity index (χ4n) is 5.26. The highest BCUT2D eigenvalue weighted by Crippen LogP contribution is 2.41. The summed E-state index contributed by atoms with van der Waals surface area (Å²) in [5, 5.41) is 13.1. The summed E-state index contributed by atoms with van der Waals surface area (Å²) in [5.74, 6) is -0.0505. The van der Waals surface area contributed by atoms with Crippen molar-refractivity contribution < 1.29 is 19.4 Å². The Morgan fingerprint density at radius 3 is 2.56 bits per heavy atom. The lowest BCUT2D eigenvalue weighted by atomic mass is 9.99. The zero-order valence-electron chi connectivity index (χ0n) is 23.5. The van der Waals surface area contributed by atoms with Gasteiger partial charge < -0.3 is 19.3 Å². The normalized spacial score (nSPS) is 18.2. The van der Waals surface area contributed by atoms with Crippen molar-refractivity contribution in [2.75, 3.05) is 19.7 Å². The van der Waals surface area contributed by atoms with Gasteiger partial charge in [0.15, 0.2) is 0 Å². The van der Waals surface area contributed by atoms with Crippen LogP contribution in [0.2, 0.25) is 5.02 Å². The lowest BCUT2D eigenvalue weighted by molar-refractivity contribution is -0.138. The Bertz CT molecular complexity index is 1560. The van der Waals surface area contributed by atoms with E-state index >= 15 is 0 Å². The summed E-state index contributed by atoms with van der Waals surface area (Å²) in [6, 6.07) is 13.1. The number of aliphatic imine (C=N–C) groups is 1. The Hall–Kier alpha value is -3.49. The summed E-state index contributed by atoms with van der Waals surface area (Å²) in [4.78, 5) is 33.2. The molecule has 1 N–H and O–H groups in total. The van der Waals surface area contributed by atoms with Crippen LogP contribution in [-0.2, 0) is 27.3 Å². The molecule has 0 atom stereocenters. The number of halogens is 1. The van der Waals surface area contributed by atoms with Crippen molar-refractivity contribution in [3.8, 4) is 0 Å². The molecule has 0 spiro atoms. The van der Waals surface area contributed by atoms with Gasteiger partial charge in [0.25, 0.3) is 0 Å². The second-order valence-corrected chi connectivity index (χ2v) is 11.9. The molecule has 1 saturated heterocycles. The zero-order chi connectivity index (χ0) is 29.1. The Balaban J connectivity index is 1.54. The number of carbonyl (C=O) groups excluding carboxylic acids is 2. The van der Waals surface area contributed by atoms with Crippen molar-refractivity contribution in [3.05, 3.63) is 81.0 Å². The number of rotatable bonds is 7. The van der Waals surface area contributed by atoms with Gasteiger partial charge in [0.05, 0.1) is 22.7 Å². The van der Waals surface area contributed by atoms with Crippen LogP contribution >= 0.6 is 23.4 Å². The molecule has 41 heavy (non-hydrogen) atoms. The van der Waals surface area contributed by atoms with E-state index in [1.54, 1.807) is 31.2 Å². The molecule has 3 aromatic rings. The van der Waals surface area contributed by atoms with Gasteiger partial charge in [0, 0.05) is 35.3 Å². The van der Waals surface area contributed by atoms with Crippen LogP contribution in [0.1, 0.15) is 44.7 Å². The van der Waals surface area contributed by atoms with E-state index in [9.17, 15) is 14.7 Å². The van der Waals surface area contributed by atoms with Gasteiger partial charge in [-0.15, -0.1) is 0 Å². The first-order valence-electron chi connectivity index (χ1n) is 14.0. The third kappa shape index (κ3) is 6.23. The maximum absolute atomic E-state index is 13.3. The lowest BCUT2D eigenvalue weighted by Gasteiger charge is -2.30. The van der Waals surface area contributed by atoms with Crippen molar-refractivity contribution in [3.63, 3.8) is 0 Å². The third-order valence-electron chi connectivity index (χ3n) is 7.55. The van der Waals surface area contributed by atoms with Crippen molar-refractivity contribution in [1.29, 1.82) is 0 Å². The molecule has 0 radical (unpaired) electrons. The number of piperidine rings is 1. The average molecular weight is 592 g/mol. The summed E-state index contributed by atoms with van der Waals surface area (Å²) < 4.78 is 7.27. The number of aromatic nitrogens is 1. The highest BCUT2D eigenvalue weighted by Gasteiger charge is 2.33. The SMILES string of the molecule is CCOC(=O)C1=C(O)/C(=C/c2cn(CC(=O)N3CCC(C)CC3)c3c(CC)cccc23)SC1=Nc1ccc(Cl)cc1. The van der Waals surface area contributed by atoms with Crippen LogP contribution in [0.5, 0.6) is 0 Å². The number of aryl methyl sites for hydroxylation is 1. The number of nitrogens with zero attached hydrogens (tertiary/aromatic N) is 3. The van der Waals surface area contributed by atoms with E-state index < -0.39 is 5.97 Å². The topological polar surface area (TPSA) is 84.1 Å². The molecule has 1 amide bonds. The Morgan fingerprint density at radius 1 is 1.15 bits per heavy atom. The van der Waals surface area contributed by atoms with E-state index in [-0.39, 0.29) is 30.4 Å². The quantitative estimate of drug-likeness (QED) is 0.291. The molecule has 7 nitrogen and oxygen atoms in total. The fraction of sp³-hybridized carbons (Fsp3) is 0.344. The summed E-state index contributed by atoms with van der Waals surface area (Å²) in [6.07, 6.45) is 6.70. The van der Waals surface area contributed by atoms with Crippen molar-refractivity contribution >= 4 is 62.9 Å². The highest BCUT2D eigenvalue weighted by atomic mass is 35.5. The Morgan fingerprint density at radius 2 is 1.88 bits per heavy atom.